The summed E-state index contributed by atoms with van der Waals surface area (Å²) in [5.74, 6) is -0.193. The number of carbonyl (C=O) groups is 3. The fourth-order valence-electron chi connectivity index (χ4n) is 3.26. The van der Waals surface area contributed by atoms with E-state index in [0.29, 0.717) is 23.0 Å². The van der Waals surface area contributed by atoms with E-state index in [2.05, 4.69) is 5.16 Å². The van der Waals surface area contributed by atoms with E-state index in [1.165, 1.54) is 30.7 Å². The highest BCUT2D eigenvalue weighted by Gasteiger charge is 2.36. The highest BCUT2D eigenvalue weighted by molar-refractivity contribution is 6.21. The van der Waals surface area contributed by atoms with Gasteiger partial charge in [-0.3, -0.25) is 14.5 Å². The number of aromatic nitrogens is 1. The molecule has 9 nitrogen and oxygen atoms in total. The van der Waals surface area contributed by atoms with Crippen LogP contribution in [0.2, 0.25) is 0 Å². The van der Waals surface area contributed by atoms with Crippen molar-refractivity contribution in [3.63, 3.8) is 0 Å². The van der Waals surface area contributed by atoms with Gasteiger partial charge in [-0.2, -0.15) is 0 Å². The van der Waals surface area contributed by atoms with Gasteiger partial charge in [0.05, 0.1) is 35.8 Å². The normalized spacial score (nSPS) is 13.0. The Morgan fingerprint density at radius 1 is 0.935 bits per heavy atom. The van der Waals surface area contributed by atoms with E-state index in [9.17, 15) is 14.4 Å². The summed E-state index contributed by atoms with van der Waals surface area (Å²) in [6, 6.07) is 12.6. The maximum atomic E-state index is 12.7. The van der Waals surface area contributed by atoms with Crippen LogP contribution < -0.4 is 0 Å². The third kappa shape index (κ3) is 3.42. The van der Waals surface area contributed by atoms with Crippen molar-refractivity contribution in [2.24, 2.45) is 0 Å². The lowest BCUT2D eigenvalue weighted by atomic mass is 10.1. The second kappa shape index (κ2) is 7.45. The molecule has 0 saturated heterocycles. The van der Waals surface area contributed by atoms with Crippen LogP contribution in [0, 0.1) is 0 Å². The molecule has 0 aliphatic carbocycles. The van der Waals surface area contributed by atoms with Gasteiger partial charge in [0.15, 0.2) is 5.76 Å². The van der Waals surface area contributed by atoms with Crippen LogP contribution in [0.3, 0.4) is 0 Å². The van der Waals surface area contributed by atoms with Crippen LogP contribution in [0.4, 0.5) is 0 Å². The molecule has 0 spiro atoms. The van der Waals surface area contributed by atoms with Crippen LogP contribution >= 0.6 is 0 Å². The standard InChI is InChI=1S/C22H14N2O7/c25-20-16-6-5-13(9-17(16)21(26)24(20)11-15-3-1-7-28-15)22(27)30-12-14-10-19(31-23-14)18-4-2-8-29-18/h1-10H,11-12H2. The third-order valence-electron chi connectivity index (χ3n) is 4.77. The topological polar surface area (TPSA) is 116 Å². The lowest BCUT2D eigenvalue weighted by Gasteiger charge is -2.11. The summed E-state index contributed by atoms with van der Waals surface area (Å²) in [7, 11) is 0. The quantitative estimate of drug-likeness (QED) is 0.344. The molecule has 1 aliphatic heterocycles. The van der Waals surface area contributed by atoms with E-state index in [1.54, 1.807) is 30.3 Å². The molecule has 1 aliphatic rings. The summed E-state index contributed by atoms with van der Waals surface area (Å²) >= 11 is 0. The summed E-state index contributed by atoms with van der Waals surface area (Å²) in [5, 5.41) is 3.84. The van der Waals surface area contributed by atoms with Crippen molar-refractivity contribution in [2.75, 3.05) is 0 Å². The van der Waals surface area contributed by atoms with E-state index in [4.69, 9.17) is 18.1 Å². The fourth-order valence-corrected chi connectivity index (χ4v) is 3.26. The number of nitrogens with zero attached hydrogens (tertiary/aromatic N) is 2. The zero-order chi connectivity index (χ0) is 21.4. The first-order chi connectivity index (χ1) is 15.1. The molecule has 0 atom stereocenters. The van der Waals surface area contributed by atoms with Gasteiger partial charge in [0.1, 0.15) is 18.1 Å². The average molecular weight is 418 g/mol. The smallest absolute Gasteiger partial charge is 0.338 e. The van der Waals surface area contributed by atoms with E-state index in [0.717, 1.165) is 4.90 Å². The van der Waals surface area contributed by atoms with E-state index >= 15 is 0 Å². The molecule has 3 aromatic heterocycles. The highest BCUT2D eigenvalue weighted by Crippen LogP contribution is 2.26. The van der Waals surface area contributed by atoms with Gasteiger partial charge in [-0.15, -0.1) is 0 Å². The highest BCUT2D eigenvalue weighted by atomic mass is 16.5. The molecule has 9 heteroatoms. The number of furan rings is 2. The van der Waals surface area contributed by atoms with Crippen LogP contribution in [0.25, 0.3) is 11.5 Å². The van der Waals surface area contributed by atoms with Gasteiger partial charge in [0.25, 0.3) is 11.8 Å². The number of carbonyl (C=O) groups excluding carboxylic acids is 3. The molecule has 31 heavy (non-hydrogen) atoms. The molecule has 4 heterocycles. The van der Waals surface area contributed by atoms with Crippen LogP contribution in [-0.2, 0) is 17.9 Å². The van der Waals surface area contributed by atoms with Gasteiger partial charge >= 0.3 is 5.97 Å². The van der Waals surface area contributed by atoms with E-state index in [1.807, 2.05) is 0 Å². The Kier molecular flexibility index (Phi) is 4.47. The van der Waals surface area contributed by atoms with Crippen LogP contribution in [0.5, 0.6) is 0 Å². The number of hydrogen-bond acceptors (Lipinski definition) is 8. The molecule has 5 rings (SSSR count). The van der Waals surface area contributed by atoms with Crippen molar-refractivity contribution in [1.29, 1.82) is 0 Å². The van der Waals surface area contributed by atoms with Crippen molar-refractivity contribution in [3.8, 4) is 11.5 Å². The largest absolute Gasteiger partial charge is 0.467 e. The minimum absolute atomic E-state index is 0.0172. The monoisotopic (exact) mass is 418 g/mol. The third-order valence-corrected chi connectivity index (χ3v) is 4.77. The summed E-state index contributed by atoms with van der Waals surface area (Å²) in [4.78, 5) is 38.8. The maximum absolute atomic E-state index is 12.7. The van der Waals surface area contributed by atoms with Gasteiger partial charge in [-0.25, -0.2) is 4.79 Å². The minimum atomic E-state index is -0.657. The van der Waals surface area contributed by atoms with Gasteiger partial charge in [-0.1, -0.05) is 5.16 Å². The SMILES string of the molecule is O=C(OCc1cc(-c2ccco2)on1)c1ccc2c(c1)C(=O)N(Cc1ccco1)C2=O. The number of rotatable bonds is 6. The first-order valence-electron chi connectivity index (χ1n) is 9.29. The fraction of sp³-hybridized carbons (Fsp3) is 0.0909. The first kappa shape index (κ1) is 18.6. The van der Waals surface area contributed by atoms with E-state index < -0.39 is 17.8 Å². The number of hydrogen-bond donors (Lipinski definition) is 0. The number of fused-ring (bicyclic) bond motifs is 1. The van der Waals surface area contributed by atoms with Crippen LogP contribution in [0.1, 0.15) is 42.5 Å². The number of benzene rings is 1. The maximum Gasteiger partial charge on any atom is 0.338 e. The summed E-state index contributed by atoms with van der Waals surface area (Å²) < 4.78 is 20.9. The number of esters is 1. The van der Waals surface area contributed by atoms with Gasteiger partial charge in [0, 0.05) is 6.07 Å². The predicted molar refractivity (Wildman–Crippen MR) is 103 cm³/mol. The Morgan fingerprint density at radius 3 is 2.52 bits per heavy atom. The second-order valence-electron chi connectivity index (χ2n) is 6.77. The lowest BCUT2D eigenvalue weighted by Crippen LogP contribution is -2.28. The molecule has 0 bridgehead atoms. The van der Waals surface area contributed by atoms with Crippen molar-refractivity contribution in [3.05, 3.63) is 89.2 Å². The number of amides is 2. The van der Waals surface area contributed by atoms with Crippen molar-refractivity contribution < 1.29 is 32.5 Å². The summed E-state index contributed by atoms with van der Waals surface area (Å²) in [6.07, 6.45) is 2.97. The zero-order valence-corrected chi connectivity index (χ0v) is 15.9. The Hall–Kier alpha value is -4.40. The zero-order valence-electron chi connectivity index (χ0n) is 15.9. The van der Waals surface area contributed by atoms with Gasteiger partial charge in [0.2, 0.25) is 5.76 Å². The molecule has 4 aromatic rings. The van der Waals surface area contributed by atoms with Crippen molar-refractivity contribution in [1.82, 2.24) is 10.1 Å². The average Bonchev–Trinajstić information content (AvgIpc) is 3.58. The number of ether oxygens (including phenoxy) is 1. The second-order valence-corrected chi connectivity index (χ2v) is 6.77. The Labute approximate surface area is 174 Å². The molecule has 0 unspecified atom stereocenters. The molecule has 0 N–H and O–H groups in total. The lowest BCUT2D eigenvalue weighted by molar-refractivity contribution is 0.0464. The first-order valence-corrected chi connectivity index (χ1v) is 9.29. The Morgan fingerprint density at radius 2 is 1.74 bits per heavy atom. The Bertz CT molecular complexity index is 1270. The van der Waals surface area contributed by atoms with Crippen LogP contribution in [-0.4, -0.2) is 27.8 Å². The minimum Gasteiger partial charge on any atom is -0.467 e. The summed E-state index contributed by atoms with van der Waals surface area (Å²) in [6.45, 7) is -0.110. The summed E-state index contributed by atoms with van der Waals surface area (Å²) in [5.41, 5.74) is 0.923. The predicted octanol–water partition coefficient (Wildman–Crippen LogP) is 3.68. The molecule has 2 amide bonds. The molecule has 1 aromatic carbocycles. The van der Waals surface area contributed by atoms with Gasteiger partial charge < -0.3 is 18.1 Å². The van der Waals surface area contributed by atoms with Crippen molar-refractivity contribution in [2.45, 2.75) is 13.2 Å². The van der Waals surface area contributed by atoms with Crippen molar-refractivity contribution >= 4 is 17.8 Å². The molecular weight excluding hydrogens is 404 g/mol. The molecule has 154 valence electrons. The molecular formula is C22H14N2O7. The van der Waals surface area contributed by atoms with Gasteiger partial charge in [-0.05, 0) is 42.5 Å². The molecule has 0 radical (unpaired) electrons. The van der Waals surface area contributed by atoms with E-state index in [-0.39, 0.29) is 29.8 Å². The Balaban J connectivity index is 1.28. The molecule has 0 saturated carbocycles. The number of imide groups is 1. The van der Waals surface area contributed by atoms with Crippen LogP contribution in [0.15, 0.2) is 74.4 Å². The molecule has 0 fully saturated rings.